The molecule has 1 aromatic carbocycles. The maximum absolute atomic E-state index is 12.4. The SMILES string of the molecule is C#Cc1ccc(CC(=O)NCC(O)C[C@H](CCOCCCCCCNC2=C(NCCCC)C(=C)C2=C)C(C)CCC(=O)O)cc1.NC=O. The molecule has 0 heterocycles. The van der Waals surface area contributed by atoms with E-state index >= 15 is 0 Å². The number of amides is 2. The number of allylic oxidation sites excluding steroid dienone is 2. The molecule has 1 aliphatic rings. The Labute approximate surface area is 287 Å². The normalized spacial score (nSPS) is 14.0. The van der Waals surface area contributed by atoms with Crippen molar-refractivity contribution in [3.8, 4) is 12.3 Å². The third-order valence-corrected chi connectivity index (χ3v) is 8.41. The quantitative estimate of drug-likeness (QED) is 0.0502. The van der Waals surface area contributed by atoms with Crippen LogP contribution in [0.1, 0.15) is 89.2 Å². The predicted molar refractivity (Wildman–Crippen MR) is 192 cm³/mol. The lowest BCUT2D eigenvalue weighted by molar-refractivity contribution is -0.137. The smallest absolute Gasteiger partial charge is 0.303 e. The van der Waals surface area contributed by atoms with Crippen molar-refractivity contribution < 1.29 is 29.3 Å². The summed E-state index contributed by atoms with van der Waals surface area (Å²) in [6.45, 7) is 15.7. The van der Waals surface area contributed by atoms with Crippen LogP contribution in [0, 0.1) is 24.2 Å². The number of unbranched alkanes of at least 4 members (excludes halogenated alkanes) is 4. The van der Waals surface area contributed by atoms with E-state index in [2.05, 4.69) is 47.7 Å². The van der Waals surface area contributed by atoms with Crippen LogP contribution in [0.2, 0.25) is 0 Å². The van der Waals surface area contributed by atoms with Gasteiger partial charge in [0.1, 0.15) is 0 Å². The molecule has 2 unspecified atom stereocenters. The summed E-state index contributed by atoms with van der Waals surface area (Å²) in [6.07, 6.45) is 13.5. The molecular formula is C38H58N4O6. The molecule has 48 heavy (non-hydrogen) atoms. The van der Waals surface area contributed by atoms with Gasteiger partial charge < -0.3 is 36.6 Å². The number of hydrogen-bond acceptors (Lipinski definition) is 7. The Morgan fingerprint density at radius 2 is 1.60 bits per heavy atom. The van der Waals surface area contributed by atoms with E-state index in [1.807, 2.05) is 19.1 Å². The second-order valence-corrected chi connectivity index (χ2v) is 12.2. The van der Waals surface area contributed by atoms with Gasteiger partial charge in [-0.15, -0.1) is 6.42 Å². The van der Waals surface area contributed by atoms with Crippen LogP contribution in [0.3, 0.4) is 0 Å². The molecule has 0 aliphatic heterocycles. The highest BCUT2D eigenvalue weighted by Crippen LogP contribution is 2.33. The Morgan fingerprint density at radius 1 is 1.00 bits per heavy atom. The Balaban J connectivity index is 0.00000369. The largest absolute Gasteiger partial charge is 0.481 e. The molecule has 0 saturated carbocycles. The molecule has 10 heteroatoms. The standard InChI is InChI=1S/C37H55N3O5.CH3NO/c1-6-8-20-38-36-28(4)29(5)37(36)39-21-11-9-10-12-22-45-23-19-32(27(3)13-18-35(43)44)25-33(41)26-40-34(42)24-31-16-14-30(7-2)15-17-31;2-1-3/h2,14-17,27,32-33,38-39,41H,4-6,8-13,18-26H2,1,3H3,(H,40,42)(H,43,44);1H,(H2,2,3)/t27?,32-,33?;/m0./s1. The first-order valence-corrected chi connectivity index (χ1v) is 17.1. The van der Waals surface area contributed by atoms with Gasteiger partial charge in [-0.25, -0.2) is 0 Å². The number of aliphatic carboxylic acids is 1. The van der Waals surface area contributed by atoms with Crippen molar-refractivity contribution in [2.75, 3.05) is 32.8 Å². The molecule has 1 aromatic rings. The van der Waals surface area contributed by atoms with Gasteiger partial charge in [-0.3, -0.25) is 14.4 Å². The Bertz CT molecular complexity index is 1220. The van der Waals surface area contributed by atoms with Crippen molar-refractivity contribution in [2.45, 2.75) is 90.6 Å². The van der Waals surface area contributed by atoms with Gasteiger partial charge in [0.05, 0.1) is 23.9 Å². The number of carbonyl (C=O) groups excluding carboxylic acids is 2. The molecule has 0 radical (unpaired) electrons. The maximum atomic E-state index is 12.4. The maximum Gasteiger partial charge on any atom is 0.303 e. The summed E-state index contributed by atoms with van der Waals surface area (Å²) in [6, 6.07) is 7.25. The molecule has 7 N–H and O–H groups in total. The predicted octanol–water partition coefficient (Wildman–Crippen LogP) is 4.58. The minimum atomic E-state index is -0.820. The number of carboxylic acids is 1. The van der Waals surface area contributed by atoms with Crippen molar-refractivity contribution in [3.63, 3.8) is 0 Å². The summed E-state index contributed by atoms with van der Waals surface area (Å²) in [5, 5.41) is 29.6. The lowest BCUT2D eigenvalue weighted by atomic mass is 9.83. The second kappa shape index (κ2) is 25.0. The molecule has 266 valence electrons. The van der Waals surface area contributed by atoms with Crippen LogP contribution in [-0.4, -0.2) is 67.5 Å². The molecule has 0 aromatic heterocycles. The zero-order valence-electron chi connectivity index (χ0n) is 29.0. The molecular weight excluding hydrogens is 608 g/mol. The van der Waals surface area contributed by atoms with Crippen molar-refractivity contribution in [2.24, 2.45) is 17.6 Å². The molecule has 2 amide bonds. The van der Waals surface area contributed by atoms with Gasteiger partial charge in [0.25, 0.3) is 0 Å². The third kappa shape index (κ3) is 17.2. The second-order valence-electron chi connectivity index (χ2n) is 12.2. The molecule has 0 fully saturated rings. The molecule has 0 bridgehead atoms. The van der Waals surface area contributed by atoms with Crippen LogP contribution in [0.4, 0.5) is 0 Å². The number of carboxylic acid groups (broad SMARTS) is 1. The summed E-state index contributed by atoms with van der Waals surface area (Å²) in [5.74, 6) is 1.76. The fraction of sp³-hybridized carbons (Fsp3) is 0.553. The van der Waals surface area contributed by atoms with E-state index < -0.39 is 12.1 Å². The van der Waals surface area contributed by atoms with E-state index in [4.69, 9.17) is 21.1 Å². The highest BCUT2D eigenvalue weighted by molar-refractivity contribution is 5.78. The van der Waals surface area contributed by atoms with Crippen LogP contribution in [0.25, 0.3) is 0 Å². The van der Waals surface area contributed by atoms with Gasteiger partial charge in [0.15, 0.2) is 0 Å². The van der Waals surface area contributed by atoms with Crippen LogP contribution < -0.4 is 21.7 Å². The van der Waals surface area contributed by atoms with E-state index in [1.54, 1.807) is 12.1 Å². The number of aliphatic hydroxyl groups excluding tert-OH is 1. The summed E-state index contributed by atoms with van der Waals surface area (Å²) < 4.78 is 5.93. The summed E-state index contributed by atoms with van der Waals surface area (Å²) in [5.41, 5.74) is 9.99. The highest BCUT2D eigenvalue weighted by Gasteiger charge is 2.25. The summed E-state index contributed by atoms with van der Waals surface area (Å²) in [4.78, 5) is 32.1. The summed E-state index contributed by atoms with van der Waals surface area (Å²) in [7, 11) is 0. The molecule has 10 nitrogen and oxygen atoms in total. The van der Waals surface area contributed by atoms with Crippen molar-refractivity contribution >= 4 is 18.3 Å². The van der Waals surface area contributed by atoms with Crippen molar-refractivity contribution in [1.29, 1.82) is 0 Å². The zero-order valence-corrected chi connectivity index (χ0v) is 29.0. The molecule has 0 spiro atoms. The summed E-state index contributed by atoms with van der Waals surface area (Å²) >= 11 is 0. The van der Waals surface area contributed by atoms with Crippen molar-refractivity contribution in [3.05, 3.63) is 71.1 Å². The molecule has 3 atom stereocenters. The van der Waals surface area contributed by atoms with Gasteiger partial charge >= 0.3 is 5.97 Å². The number of hydrogen-bond donors (Lipinski definition) is 6. The topological polar surface area (TPSA) is 163 Å². The number of aliphatic hydroxyl groups is 1. The van der Waals surface area contributed by atoms with Crippen molar-refractivity contribution in [1.82, 2.24) is 16.0 Å². The van der Waals surface area contributed by atoms with Gasteiger partial charge in [-0.1, -0.05) is 64.3 Å². The van der Waals surface area contributed by atoms with Gasteiger partial charge in [-0.2, -0.15) is 0 Å². The number of ether oxygens (including phenoxy) is 1. The van der Waals surface area contributed by atoms with Crippen LogP contribution in [0.15, 0.2) is 60.0 Å². The lowest BCUT2D eigenvalue weighted by Crippen LogP contribution is -2.35. The average molecular weight is 667 g/mol. The highest BCUT2D eigenvalue weighted by atomic mass is 16.5. The van der Waals surface area contributed by atoms with Gasteiger partial charge in [-0.05, 0) is 68.1 Å². The third-order valence-electron chi connectivity index (χ3n) is 8.41. The Morgan fingerprint density at radius 3 is 2.19 bits per heavy atom. The van der Waals surface area contributed by atoms with Crippen LogP contribution >= 0.6 is 0 Å². The number of primary amides is 1. The van der Waals surface area contributed by atoms with Gasteiger partial charge in [0.2, 0.25) is 12.3 Å². The van der Waals surface area contributed by atoms with E-state index in [0.717, 1.165) is 91.7 Å². The lowest BCUT2D eigenvalue weighted by Gasteiger charge is -2.31. The van der Waals surface area contributed by atoms with E-state index in [1.165, 1.54) is 0 Å². The van der Waals surface area contributed by atoms with E-state index in [-0.39, 0.29) is 43.5 Å². The Hall–Kier alpha value is -4.07. The number of rotatable bonds is 25. The monoisotopic (exact) mass is 666 g/mol. The minimum Gasteiger partial charge on any atom is -0.481 e. The van der Waals surface area contributed by atoms with E-state index in [9.17, 15) is 14.7 Å². The fourth-order valence-corrected chi connectivity index (χ4v) is 5.41. The molecule has 1 aliphatic carbocycles. The zero-order chi connectivity index (χ0) is 35.7. The van der Waals surface area contributed by atoms with Gasteiger partial charge in [0, 0.05) is 56.0 Å². The number of benzene rings is 1. The number of carbonyl (C=O) groups is 3. The first-order chi connectivity index (χ1) is 23.1. The van der Waals surface area contributed by atoms with Crippen LogP contribution in [-0.2, 0) is 25.5 Å². The first-order valence-electron chi connectivity index (χ1n) is 17.1. The fourth-order valence-electron chi connectivity index (χ4n) is 5.41. The number of nitrogens with one attached hydrogen (secondary N) is 3. The number of nitrogens with two attached hydrogens (primary N) is 1. The number of terminal acetylenes is 1. The average Bonchev–Trinajstić information content (AvgIpc) is 3.07. The first kappa shape index (κ1) is 42.0. The van der Waals surface area contributed by atoms with Crippen LogP contribution in [0.5, 0.6) is 0 Å². The molecule has 0 saturated heterocycles. The Kier molecular flexibility index (Phi) is 21.9. The molecule has 2 rings (SSSR count). The minimum absolute atomic E-state index is 0.0895. The van der Waals surface area contributed by atoms with E-state index in [0.29, 0.717) is 26.1 Å².